The van der Waals surface area contributed by atoms with Crippen LogP contribution in [0, 0.1) is 0 Å². The van der Waals surface area contributed by atoms with Crippen LogP contribution in [0.5, 0.6) is 0 Å². The third-order valence-electron chi connectivity index (χ3n) is 3.73. The number of carbonyl (C=O) groups excluding carboxylic acids is 1. The highest BCUT2D eigenvalue weighted by molar-refractivity contribution is 5.97. The molecule has 0 aliphatic heterocycles. The van der Waals surface area contributed by atoms with Crippen LogP contribution in [0.25, 0.3) is 10.9 Å². The number of nitrogens with one attached hydrogen (secondary N) is 1. The second kappa shape index (κ2) is 7.63. The van der Waals surface area contributed by atoms with E-state index >= 15 is 0 Å². The first-order valence-electron chi connectivity index (χ1n) is 8.16. The highest BCUT2D eigenvalue weighted by Gasteiger charge is 2.09. The second-order valence-electron chi connectivity index (χ2n) is 5.60. The smallest absolute Gasteiger partial charge is 0.251 e. The SMILES string of the molecule is CCCCCn1nnc(CNC(=O)c2ccc3ncccc3c2)n1. The summed E-state index contributed by atoms with van der Waals surface area (Å²) in [7, 11) is 0. The van der Waals surface area contributed by atoms with Gasteiger partial charge >= 0.3 is 0 Å². The van der Waals surface area contributed by atoms with Crippen molar-refractivity contribution in [3.05, 3.63) is 47.9 Å². The molecule has 0 atom stereocenters. The van der Waals surface area contributed by atoms with Crippen molar-refractivity contribution in [2.45, 2.75) is 39.3 Å². The average Bonchev–Trinajstić information content (AvgIpc) is 3.07. The summed E-state index contributed by atoms with van der Waals surface area (Å²) in [5.41, 5.74) is 1.46. The number of pyridine rings is 1. The van der Waals surface area contributed by atoms with Crippen molar-refractivity contribution < 1.29 is 4.79 Å². The first-order chi connectivity index (χ1) is 11.8. The molecule has 0 unspecified atom stereocenters. The highest BCUT2D eigenvalue weighted by Crippen LogP contribution is 2.13. The van der Waals surface area contributed by atoms with Crippen LogP contribution in [-0.4, -0.2) is 31.1 Å². The van der Waals surface area contributed by atoms with E-state index in [1.54, 1.807) is 17.1 Å². The van der Waals surface area contributed by atoms with E-state index in [9.17, 15) is 4.79 Å². The monoisotopic (exact) mass is 324 g/mol. The van der Waals surface area contributed by atoms with E-state index in [1.165, 1.54) is 0 Å². The Hall–Kier alpha value is -2.83. The third-order valence-corrected chi connectivity index (χ3v) is 3.73. The summed E-state index contributed by atoms with van der Waals surface area (Å²) in [6, 6.07) is 9.21. The molecule has 0 fully saturated rings. The number of unbranched alkanes of at least 4 members (excludes halogenated alkanes) is 2. The zero-order chi connectivity index (χ0) is 16.8. The van der Waals surface area contributed by atoms with Crippen LogP contribution in [-0.2, 0) is 13.1 Å². The molecule has 24 heavy (non-hydrogen) atoms. The number of fused-ring (bicyclic) bond motifs is 1. The number of aromatic nitrogens is 5. The van der Waals surface area contributed by atoms with Gasteiger partial charge in [-0.25, -0.2) is 0 Å². The Morgan fingerprint density at radius 1 is 1.25 bits per heavy atom. The maximum absolute atomic E-state index is 12.3. The molecule has 1 N–H and O–H groups in total. The van der Waals surface area contributed by atoms with E-state index in [2.05, 4.69) is 32.6 Å². The van der Waals surface area contributed by atoms with Crippen molar-refractivity contribution in [1.82, 2.24) is 30.5 Å². The van der Waals surface area contributed by atoms with Gasteiger partial charge in [0.2, 0.25) is 0 Å². The van der Waals surface area contributed by atoms with Gasteiger partial charge in [-0.2, -0.15) is 4.80 Å². The van der Waals surface area contributed by atoms with Gasteiger partial charge in [-0.15, -0.1) is 10.2 Å². The predicted octanol–water partition coefficient (Wildman–Crippen LogP) is 2.34. The van der Waals surface area contributed by atoms with Crippen molar-refractivity contribution in [2.75, 3.05) is 0 Å². The van der Waals surface area contributed by atoms with Gasteiger partial charge in [-0.05, 0) is 35.9 Å². The van der Waals surface area contributed by atoms with Crippen LogP contribution in [0.15, 0.2) is 36.5 Å². The van der Waals surface area contributed by atoms with Crippen LogP contribution >= 0.6 is 0 Å². The molecule has 0 saturated carbocycles. The fraction of sp³-hybridized carbons (Fsp3) is 0.353. The molecule has 2 heterocycles. The molecule has 1 amide bonds. The molecule has 0 radical (unpaired) electrons. The lowest BCUT2D eigenvalue weighted by Crippen LogP contribution is -2.23. The van der Waals surface area contributed by atoms with Gasteiger partial charge in [0.05, 0.1) is 18.6 Å². The van der Waals surface area contributed by atoms with Gasteiger partial charge in [-0.3, -0.25) is 9.78 Å². The summed E-state index contributed by atoms with van der Waals surface area (Å²) in [5, 5.41) is 16.0. The summed E-state index contributed by atoms with van der Waals surface area (Å²) in [5.74, 6) is 0.352. The molecule has 7 nitrogen and oxygen atoms in total. The first-order valence-corrected chi connectivity index (χ1v) is 8.16. The Kier molecular flexibility index (Phi) is 5.10. The van der Waals surface area contributed by atoms with E-state index in [1.807, 2.05) is 24.3 Å². The van der Waals surface area contributed by atoms with Crippen LogP contribution in [0.2, 0.25) is 0 Å². The number of amides is 1. The largest absolute Gasteiger partial charge is 0.345 e. The number of aryl methyl sites for hydroxylation is 1. The van der Waals surface area contributed by atoms with Crippen molar-refractivity contribution in [2.24, 2.45) is 0 Å². The number of carbonyl (C=O) groups is 1. The Bertz CT molecular complexity index is 829. The van der Waals surface area contributed by atoms with Crippen molar-refractivity contribution >= 4 is 16.8 Å². The topological polar surface area (TPSA) is 85.6 Å². The molecule has 3 aromatic rings. The van der Waals surface area contributed by atoms with Gasteiger partial charge in [0.25, 0.3) is 5.91 Å². The van der Waals surface area contributed by atoms with Crippen LogP contribution in [0.3, 0.4) is 0 Å². The third kappa shape index (κ3) is 3.92. The fourth-order valence-corrected chi connectivity index (χ4v) is 2.42. The number of hydrogen-bond acceptors (Lipinski definition) is 5. The summed E-state index contributed by atoms with van der Waals surface area (Å²) < 4.78 is 0. The normalized spacial score (nSPS) is 10.9. The molecule has 0 aliphatic carbocycles. The van der Waals surface area contributed by atoms with E-state index in [0.29, 0.717) is 11.4 Å². The lowest BCUT2D eigenvalue weighted by Gasteiger charge is -2.04. The summed E-state index contributed by atoms with van der Waals surface area (Å²) in [4.78, 5) is 18.1. The van der Waals surface area contributed by atoms with Crippen molar-refractivity contribution in [1.29, 1.82) is 0 Å². The summed E-state index contributed by atoms with van der Waals surface area (Å²) in [6.45, 7) is 3.17. The molecule has 1 aromatic carbocycles. The Labute approximate surface area is 140 Å². The Morgan fingerprint density at radius 3 is 3.04 bits per heavy atom. The molecule has 0 bridgehead atoms. The molecular formula is C17H20N6O. The Morgan fingerprint density at radius 2 is 2.17 bits per heavy atom. The van der Waals surface area contributed by atoms with E-state index in [4.69, 9.17) is 0 Å². The quantitative estimate of drug-likeness (QED) is 0.674. The van der Waals surface area contributed by atoms with Gasteiger partial charge in [-0.1, -0.05) is 25.8 Å². The molecule has 2 aromatic heterocycles. The zero-order valence-electron chi connectivity index (χ0n) is 13.6. The molecule has 7 heteroatoms. The van der Waals surface area contributed by atoms with Gasteiger partial charge in [0.15, 0.2) is 5.82 Å². The Balaban J connectivity index is 1.58. The van der Waals surface area contributed by atoms with Gasteiger partial charge in [0, 0.05) is 17.1 Å². The minimum absolute atomic E-state index is 0.164. The van der Waals surface area contributed by atoms with Crippen molar-refractivity contribution in [3.8, 4) is 0 Å². The molecule has 0 aliphatic rings. The first kappa shape index (κ1) is 16.0. The number of tetrazole rings is 1. The van der Waals surface area contributed by atoms with Crippen molar-refractivity contribution in [3.63, 3.8) is 0 Å². The number of nitrogens with zero attached hydrogens (tertiary/aromatic N) is 5. The lowest BCUT2D eigenvalue weighted by atomic mass is 10.1. The summed E-state index contributed by atoms with van der Waals surface area (Å²) in [6.07, 6.45) is 5.06. The molecule has 124 valence electrons. The number of rotatable bonds is 7. The fourth-order valence-electron chi connectivity index (χ4n) is 2.42. The number of benzene rings is 1. The minimum atomic E-state index is -0.164. The number of hydrogen-bond donors (Lipinski definition) is 1. The minimum Gasteiger partial charge on any atom is -0.345 e. The molecule has 0 saturated heterocycles. The van der Waals surface area contributed by atoms with Gasteiger partial charge in [0.1, 0.15) is 0 Å². The van der Waals surface area contributed by atoms with Crippen LogP contribution in [0.4, 0.5) is 0 Å². The molecular weight excluding hydrogens is 304 g/mol. The van der Waals surface area contributed by atoms with Crippen LogP contribution in [0.1, 0.15) is 42.4 Å². The maximum Gasteiger partial charge on any atom is 0.251 e. The van der Waals surface area contributed by atoms with Crippen LogP contribution < -0.4 is 5.32 Å². The molecule has 3 rings (SSSR count). The van der Waals surface area contributed by atoms with E-state index < -0.39 is 0 Å². The highest BCUT2D eigenvalue weighted by atomic mass is 16.1. The van der Waals surface area contributed by atoms with Gasteiger partial charge < -0.3 is 5.32 Å². The zero-order valence-corrected chi connectivity index (χ0v) is 13.6. The molecule has 0 spiro atoms. The standard InChI is InChI=1S/C17H20N6O/c1-2-3-4-10-23-21-16(20-22-23)12-19-17(24)14-7-8-15-13(11-14)6-5-9-18-15/h5-9,11H,2-4,10,12H2,1H3,(H,19,24). The maximum atomic E-state index is 12.3. The summed E-state index contributed by atoms with van der Waals surface area (Å²) >= 11 is 0. The van der Waals surface area contributed by atoms with E-state index in [0.717, 1.165) is 36.7 Å². The predicted molar refractivity (Wildman–Crippen MR) is 90.3 cm³/mol. The average molecular weight is 324 g/mol. The lowest BCUT2D eigenvalue weighted by molar-refractivity contribution is 0.0950. The second-order valence-corrected chi connectivity index (χ2v) is 5.60. The van der Waals surface area contributed by atoms with E-state index in [-0.39, 0.29) is 12.5 Å².